The zero-order valence-electron chi connectivity index (χ0n) is 12.4. The summed E-state index contributed by atoms with van der Waals surface area (Å²) in [6.45, 7) is 6.91. The Balaban J connectivity index is 2.22. The molecular weight excluding hydrogens is 240 g/mol. The summed E-state index contributed by atoms with van der Waals surface area (Å²) in [4.78, 5) is 18.2. The van der Waals surface area contributed by atoms with Crippen molar-refractivity contribution in [1.82, 2.24) is 19.8 Å². The Labute approximate surface area is 115 Å². The summed E-state index contributed by atoms with van der Waals surface area (Å²) < 4.78 is 2.27. The Kier molecular flexibility index (Phi) is 4.24. The van der Waals surface area contributed by atoms with Crippen LogP contribution >= 0.6 is 0 Å². The van der Waals surface area contributed by atoms with Crippen molar-refractivity contribution >= 4 is 5.91 Å². The Hall–Kier alpha value is -1.36. The van der Waals surface area contributed by atoms with Gasteiger partial charge in [0.2, 0.25) is 5.91 Å². The van der Waals surface area contributed by atoms with E-state index >= 15 is 0 Å². The SMILES string of the molecule is CC(C)c1nc2c(n1CCC(=O)N(C)C)CCNC2. The lowest BCUT2D eigenvalue weighted by molar-refractivity contribution is -0.128. The molecule has 0 fully saturated rings. The number of imidazole rings is 1. The lowest BCUT2D eigenvalue weighted by atomic mass is 10.1. The van der Waals surface area contributed by atoms with Gasteiger partial charge in [0, 0.05) is 58.2 Å². The predicted molar refractivity (Wildman–Crippen MR) is 75.0 cm³/mol. The summed E-state index contributed by atoms with van der Waals surface area (Å²) in [6, 6.07) is 0. The first-order valence-electron chi connectivity index (χ1n) is 6.99. The van der Waals surface area contributed by atoms with Gasteiger partial charge in [0.15, 0.2) is 0 Å². The molecule has 1 aliphatic heterocycles. The number of nitrogens with zero attached hydrogens (tertiary/aromatic N) is 3. The fraction of sp³-hybridized carbons (Fsp3) is 0.714. The molecule has 1 aromatic heterocycles. The number of aromatic nitrogens is 2. The Bertz CT molecular complexity index is 462. The van der Waals surface area contributed by atoms with Crippen LogP contribution in [-0.4, -0.2) is 41.0 Å². The van der Waals surface area contributed by atoms with Crippen LogP contribution in [0.15, 0.2) is 0 Å². The van der Waals surface area contributed by atoms with Crippen LogP contribution in [0, 0.1) is 0 Å². The van der Waals surface area contributed by atoms with Gasteiger partial charge >= 0.3 is 0 Å². The van der Waals surface area contributed by atoms with E-state index in [2.05, 4.69) is 23.7 Å². The van der Waals surface area contributed by atoms with Crippen molar-refractivity contribution in [3.63, 3.8) is 0 Å². The van der Waals surface area contributed by atoms with E-state index in [1.165, 1.54) is 5.69 Å². The Morgan fingerprint density at radius 3 is 2.84 bits per heavy atom. The average Bonchev–Trinajstić information content (AvgIpc) is 2.74. The number of rotatable bonds is 4. The van der Waals surface area contributed by atoms with Gasteiger partial charge in [-0.3, -0.25) is 4.79 Å². The summed E-state index contributed by atoms with van der Waals surface area (Å²) in [5, 5.41) is 3.35. The van der Waals surface area contributed by atoms with Crippen molar-refractivity contribution in [3.8, 4) is 0 Å². The molecule has 0 atom stereocenters. The molecule has 0 saturated carbocycles. The Morgan fingerprint density at radius 2 is 2.21 bits per heavy atom. The smallest absolute Gasteiger partial charge is 0.223 e. The quantitative estimate of drug-likeness (QED) is 0.887. The van der Waals surface area contributed by atoms with E-state index in [1.54, 1.807) is 19.0 Å². The van der Waals surface area contributed by atoms with E-state index in [1.807, 2.05) is 0 Å². The summed E-state index contributed by atoms with van der Waals surface area (Å²) in [6.07, 6.45) is 1.55. The molecule has 1 aliphatic rings. The normalized spacial score (nSPS) is 14.6. The highest BCUT2D eigenvalue weighted by Crippen LogP contribution is 2.22. The predicted octanol–water partition coefficient (Wildman–Crippen LogP) is 1.13. The van der Waals surface area contributed by atoms with Gasteiger partial charge in [-0.15, -0.1) is 0 Å². The van der Waals surface area contributed by atoms with Gasteiger partial charge in [0.1, 0.15) is 5.82 Å². The van der Waals surface area contributed by atoms with E-state index in [0.717, 1.165) is 37.6 Å². The molecule has 0 unspecified atom stereocenters. The lowest BCUT2D eigenvalue weighted by Gasteiger charge is -2.18. The summed E-state index contributed by atoms with van der Waals surface area (Å²) in [5.74, 6) is 1.67. The minimum absolute atomic E-state index is 0.172. The van der Waals surface area contributed by atoms with Crippen molar-refractivity contribution in [2.75, 3.05) is 20.6 Å². The molecule has 1 aromatic rings. The average molecular weight is 264 g/mol. The van der Waals surface area contributed by atoms with E-state index in [9.17, 15) is 4.79 Å². The minimum atomic E-state index is 0.172. The second-order valence-electron chi connectivity index (χ2n) is 5.63. The first-order chi connectivity index (χ1) is 9.00. The van der Waals surface area contributed by atoms with Gasteiger partial charge in [0.25, 0.3) is 0 Å². The third-order valence-electron chi connectivity index (χ3n) is 3.58. The van der Waals surface area contributed by atoms with Crippen molar-refractivity contribution in [2.24, 2.45) is 0 Å². The largest absolute Gasteiger partial charge is 0.349 e. The second kappa shape index (κ2) is 5.74. The van der Waals surface area contributed by atoms with Crippen LogP contribution in [0.3, 0.4) is 0 Å². The number of carbonyl (C=O) groups excluding carboxylic acids is 1. The van der Waals surface area contributed by atoms with E-state index in [4.69, 9.17) is 4.98 Å². The first-order valence-corrected chi connectivity index (χ1v) is 6.99. The maximum Gasteiger partial charge on any atom is 0.223 e. The fourth-order valence-electron chi connectivity index (χ4n) is 2.51. The standard InChI is InChI=1S/C14H24N4O/c1-10(2)14-16-11-9-15-7-5-12(11)18(14)8-6-13(19)17(3)4/h10,15H,5-9H2,1-4H3. The van der Waals surface area contributed by atoms with Gasteiger partial charge in [-0.25, -0.2) is 4.98 Å². The number of hydrogen-bond donors (Lipinski definition) is 1. The van der Waals surface area contributed by atoms with Gasteiger partial charge in [-0.1, -0.05) is 13.8 Å². The van der Waals surface area contributed by atoms with Crippen molar-refractivity contribution < 1.29 is 4.79 Å². The maximum atomic E-state index is 11.8. The topological polar surface area (TPSA) is 50.2 Å². The molecular formula is C14H24N4O. The van der Waals surface area contributed by atoms with Gasteiger partial charge in [0.05, 0.1) is 5.69 Å². The van der Waals surface area contributed by atoms with Crippen LogP contribution in [0.4, 0.5) is 0 Å². The van der Waals surface area contributed by atoms with Crippen LogP contribution in [0.25, 0.3) is 0 Å². The molecule has 1 amide bonds. The molecule has 0 aromatic carbocycles. The molecule has 1 N–H and O–H groups in total. The van der Waals surface area contributed by atoms with Crippen molar-refractivity contribution in [1.29, 1.82) is 0 Å². The highest BCUT2D eigenvalue weighted by atomic mass is 16.2. The Morgan fingerprint density at radius 1 is 1.47 bits per heavy atom. The number of amides is 1. The van der Waals surface area contributed by atoms with E-state index in [-0.39, 0.29) is 5.91 Å². The molecule has 0 spiro atoms. The highest BCUT2D eigenvalue weighted by Gasteiger charge is 2.21. The second-order valence-corrected chi connectivity index (χ2v) is 5.63. The van der Waals surface area contributed by atoms with E-state index < -0.39 is 0 Å². The van der Waals surface area contributed by atoms with Crippen LogP contribution < -0.4 is 5.32 Å². The number of hydrogen-bond acceptors (Lipinski definition) is 3. The molecule has 5 heteroatoms. The lowest BCUT2D eigenvalue weighted by Crippen LogP contribution is -2.27. The number of fused-ring (bicyclic) bond motifs is 1. The summed E-state index contributed by atoms with van der Waals surface area (Å²) in [7, 11) is 3.61. The van der Waals surface area contributed by atoms with Crippen LogP contribution in [-0.2, 0) is 24.3 Å². The van der Waals surface area contributed by atoms with Gasteiger partial charge in [-0.2, -0.15) is 0 Å². The molecule has 0 saturated heterocycles. The van der Waals surface area contributed by atoms with Gasteiger partial charge in [-0.05, 0) is 0 Å². The third kappa shape index (κ3) is 2.97. The molecule has 2 rings (SSSR count). The molecule has 106 valence electrons. The zero-order valence-corrected chi connectivity index (χ0v) is 12.4. The first kappa shape index (κ1) is 14.1. The number of carbonyl (C=O) groups is 1. The molecule has 0 radical (unpaired) electrons. The van der Waals surface area contributed by atoms with Gasteiger partial charge < -0.3 is 14.8 Å². The van der Waals surface area contributed by atoms with Crippen LogP contribution in [0.2, 0.25) is 0 Å². The van der Waals surface area contributed by atoms with Crippen LogP contribution in [0.1, 0.15) is 43.4 Å². The minimum Gasteiger partial charge on any atom is -0.349 e. The van der Waals surface area contributed by atoms with Crippen LogP contribution in [0.5, 0.6) is 0 Å². The monoisotopic (exact) mass is 264 g/mol. The number of nitrogens with one attached hydrogen (secondary N) is 1. The summed E-state index contributed by atoms with van der Waals surface area (Å²) in [5.41, 5.74) is 2.47. The van der Waals surface area contributed by atoms with Crippen molar-refractivity contribution in [3.05, 3.63) is 17.2 Å². The molecule has 0 aliphatic carbocycles. The molecule has 19 heavy (non-hydrogen) atoms. The summed E-state index contributed by atoms with van der Waals surface area (Å²) >= 11 is 0. The highest BCUT2D eigenvalue weighted by molar-refractivity contribution is 5.75. The molecule has 0 bridgehead atoms. The molecule has 2 heterocycles. The van der Waals surface area contributed by atoms with Crippen molar-refractivity contribution in [2.45, 2.75) is 45.7 Å². The third-order valence-corrected chi connectivity index (χ3v) is 3.58. The van der Waals surface area contributed by atoms with E-state index in [0.29, 0.717) is 12.3 Å². The molecule has 5 nitrogen and oxygen atoms in total. The maximum absolute atomic E-state index is 11.8. The zero-order chi connectivity index (χ0) is 14.0. The fourth-order valence-corrected chi connectivity index (χ4v) is 2.51.